The number of halogens is 4. The lowest BCUT2D eigenvalue weighted by Crippen LogP contribution is -2.16. The van der Waals surface area contributed by atoms with E-state index in [0.29, 0.717) is 18.4 Å². The van der Waals surface area contributed by atoms with Gasteiger partial charge in [-0.2, -0.15) is 13.2 Å². The van der Waals surface area contributed by atoms with Crippen molar-refractivity contribution in [2.75, 3.05) is 0 Å². The second-order valence-electron chi connectivity index (χ2n) is 6.78. The quantitative estimate of drug-likeness (QED) is 0.625. The van der Waals surface area contributed by atoms with Crippen molar-refractivity contribution >= 4 is 16.9 Å². The largest absolute Gasteiger partial charge is 0.505 e. The van der Waals surface area contributed by atoms with Gasteiger partial charge in [0.15, 0.2) is 5.75 Å². The summed E-state index contributed by atoms with van der Waals surface area (Å²) in [4.78, 5) is 15.8. The van der Waals surface area contributed by atoms with Gasteiger partial charge in [-0.15, -0.1) is 0 Å². The van der Waals surface area contributed by atoms with Crippen LogP contribution < -0.4 is 0 Å². The van der Waals surface area contributed by atoms with Crippen LogP contribution in [0.4, 0.5) is 17.6 Å². The number of hydrogen-bond acceptors (Lipinski definition) is 3. The predicted molar refractivity (Wildman–Crippen MR) is 91.8 cm³/mol. The van der Waals surface area contributed by atoms with E-state index in [9.17, 15) is 32.6 Å². The number of pyridine rings is 1. The van der Waals surface area contributed by atoms with Gasteiger partial charge in [0, 0.05) is 10.8 Å². The lowest BCUT2D eigenvalue weighted by Gasteiger charge is -2.20. The molecule has 3 aromatic rings. The lowest BCUT2D eigenvalue weighted by molar-refractivity contribution is -0.136. The van der Waals surface area contributed by atoms with E-state index in [2.05, 4.69) is 4.98 Å². The minimum absolute atomic E-state index is 0.138. The van der Waals surface area contributed by atoms with Gasteiger partial charge >= 0.3 is 12.1 Å². The van der Waals surface area contributed by atoms with Gasteiger partial charge in [-0.1, -0.05) is 24.3 Å². The number of hydrogen-bond donors (Lipinski definition) is 2. The molecule has 1 heterocycles. The first-order valence-corrected chi connectivity index (χ1v) is 8.38. The molecule has 4 rings (SSSR count). The molecule has 28 heavy (non-hydrogen) atoms. The Bertz CT molecular complexity index is 1100. The van der Waals surface area contributed by atoms with Gasteiger partial charge in [-0.25, -0.2) is 14.2 Å². The van der Waals surface area contributed by atoms with Crippen LogP contribution in [0.25, 0.3) is 10.9 Å². The van der Waals surface area contributed by atoms with Gasteiger partial charge < -0.3 is 10.2 Å². The zero-order valence-corrected chi connectivity index (χ0v) is 14.2. The van der Waals surface area contributed by atoms with E-state index in [1.807, 2.05) is 0 Å². The van der Waals surface area contributed by atoms with Crippen molar-refractivity contribution < 1.29 is 32.6 Å². The first-order chi connectivity index (χ1) is 13.1. The molecule has 1 fully saturated rings. The van der Waals surface area contributed by atoms with Crippen LogP contribution in [-0.2, 0) is 11.6 Å². The molecule has 2 aromatic carbocycles. The van der Waals surface area contributed by atoms with Crippen LogP contribution in [0.1, 0.15) is 40.0 Å². The summed E-state index contributed by atoms with van der Waals surface area (Å²) in [7, 11) is 0. The van der Waals surface area contributed by atoms with E-state index in [1.54, 1.807) is 0 Å². The van der Waals surface area contributed by atoms with Crippen molar-refractivity contribution in [3.05, 3.63) is 70.7 Å². The Morgan fingerprint density at radius 3 is 2.25 bits per heavy atom. The average Bonchev–Trinajstić information content (AvgIpc) is 3.41. The second-order valence-corrected chi connectivity index (χ2v) is 6.78. The highest BCUT2D eigenvalue weighted by molar-refractivity contribution is 6.06. The number of aromatic carboxylic acids is 1. The number of alkyl halides is 3. The molecule has 1 aliphatic carbocycles. The molecule has 1 aliphatic rings. The molecule has 0 amide bonds. The summed E-state index contributed by atoms with van der Waals surface area (Å²) >= 11 is 0. The number of carboxylic acid groups (broad SMARTS) is 1. The van der Waals surface area contributed by atoms with Crippen molar-refractivity contribution in [1.29, 1.82) is 0 Å². The fourth-order valence-corrected chi connectivity index (χ4v) is 3.61. The van der Waals surface area contributed by atoms with Gasteiger partial charge in [0.1, 0.15) is 11.4 Å². The Labute approximate surface area is 156 Å². The fourth-order valence-electron chi connectivity index (χ4n) is 3.61. The van der Waals surface area contributed by atoms with Crippen LogP contribution in [0.15, 0.2) is 42.5 Å². The Hall–Kier alpha value is -3.16. The second kappa shape index (κ2) is 5.92. The van der Waals surface area contributed by atoms with Gasteiger partial charge in [0.05, 0.1) is 16.8 Å². The molecule has 144 valence electrons. The molecule has 8 heteroatoms. The van der Waals surface area contributed by atoms with Gasteiger partial charge in [0.25, 0.3) is 0 Å². The summed E-state index contributed by atoms with van der Waals surface area (Å²) < 4.78 is 53.7. The summed E-state index contributed by atoms with van der Waals surface area (Å²) in [5, 5.41) is 19.9. The maximum absolute atomic E-state index is 13.5. The minimum Gasteiger partial charge on any atom is -0.505 e. The zero-order chi connectivity index (χ0) is 20.3. The zero-order valence-electron chi connectivity index (χ0n) is 14.2. The van der Waals surface area contributed by atoms with E-state index in [4.69, 9.17) is 0 Å². The molecule has 4 nitrogen and oxygen atoms in total. The third-order valence-corrected chi connectivity index (χ3v) is 5.11. The number of nitrogens with zero attached hydrogens (tertiary/aromatic N) is 1. The number of aromatic hydroxyl groups is 1. The van der Waals surface area contributed by atoms with Crippen molar-refractivity contribution in [2.45, 2.75) is 24.4 Å². The van der Waals surface area contributed by atoms with Crippen LogP contribution in [0.3, 0.4) is 0 Å². The number of benzene rings is 2. The Morgan fingerprint density at radius 1 is 1.07 bits per heavy atom. The van der Waals surface area contributed by atoms with Crippen LogP contribution in [0, 0.1) is 5.82 Å². The summed E-state index contributed by atoms with van der Waals surface area (Å²) in [6, 6.07) is 8.40. The standard InChI is InChI=1S/C20H13F4NO3/c21-11-6-4-10(5-7-11)19(8-9-19)17-16(26)14(18(27)28)12-2-1-3-13(15(12)25-17)20(22,23)24/h1-7,26H,8-9H2,(H,27,28). The highest BCUT2D eigenvalue weighted by Crippen LogP contribution is 2.56. The highest BCUT2D eigenvalue weighted by atomic mass is 19.4. The third-order valence-electron chi connectivity index (χ3n) is 5.11. The molecule has 2 N–H and O–H groups in total. The molecule has 0 aliphatic heterocycles. The molecule has 0 bridgehead atoms. The van der Waals surface area contributed by atoms with Crippen molar-refractivity contribution in [3.8, 4) is 5.75 Å². The maximum atomic E-state index is 13.5. The molecule has 1 aromatic heterocycles. The number of para-hydroxylation sites is 1. The molecule has 0 unspecified atom stereocenters. The van der Waals surface area contributed by atoms with Gasteiger partial charge in [0.2, 0.25) is 0 Å². The molecule has 0 radical (unpaired) electrons. The van der Waals surface area contributed by atoms with Crippen molar-refractivity contribution in [2.24, 2.45) is 0 Å². The first kappa shape index (κ1) is 18.2. The van der Waals surface area contributed by atoms with E-state index >= 15 is 0 Å². The molecular weight excluding hydrogens is 378 g/mol. The summed E-state index contributed by atoms with van der Waals surface area (Å²) in [5.41, 5.74) is -2.77. The Morgan fingerprint density at radius 2 is 1.71 bits per heavy atom. The monoisotopic (exact) mass is 391 g/mol. The third kappa shape index (κ3) is 2.67. The number of rotatable bonds is 3. The molecular formula is C20H13F4NO3. The summed E-state index contributed by atoms with van der Waals surface area (Å²) in [6.07, 6.45) is -3.86. The average molecular weight is 391 g/mol. The Kier molecular flexibility index (Phi) is 3.85. The van der Waals surface area contributed by atoms with Crippen molar-refractivity contribution in [3.63, 3.8) is 0 Å². The van der Waals surface area contributed by atoms with E-state index < -0.39 is 45.8 Å². The van der Waals surface area contributed by atoms with E-state index in [-0.39, 0.29) is 11.1 Å². The minimum atomic E-state index is -4.75. The number of carboxylic acids is 1. The molecule has 0 spiro atoms. The summed E-state index contributed by atoms with van der Waals surface area (Å²) in [5.74, 6) is -2.71. The van der Waals surface area contributed by atoms with Gasteiger partial charge in [-0.05, 0) is 36.6 Å². The lowest BCUT2D eigenvalue weighted by atomic mass is 9.89. The first-order valence-electron chi connectivity index (χ1n) is 8.38. The molecule has 0 atom stereocenters. The van der Waals surface area contributed by atoms with E-state index in [1.165, 1.54) is 30.3 Å². The van der Waals surface area contributed by atoms with Crippen LogP contribution in [-0.4, -0.2) is 21.2 Å². The van der Waals surface area contributed by atoms with Crippen LogP contribution in [0.2, 0.25) is 0 Å². The number of carbonyl (C=O) groups is 1. The molecule has 0 saturated heterocycles. The SMILES string of the molecule is O=C(O)c1c(O)c(C2(c3ccc(F)cc3)CC2)nc2c(C(F)(F)F)cccc12. The Balaban J connectivity index is 2.06. The number of fused-ring (bicyclic) bond motifs is 1. The highest BCUT2D eigenvalue weighted by Gasteiger charge is 2.50. The van der Waals surface area contributed by atoms with E-state index in [0.717, 1.165) is 12.1 Å². The number of aromatic nitrogens is 1. The van der Waals surface area contributed by atoms with Crippen molar-refractivity contribution in [1.82, 2.24) is 4.98 Å². The van der Waals surface area contributed by atoms with Crippen LogP contribution in [0.5, 0.6) is 5.75 Å². The normalized spacial score (nSPS) is 15.6. The maximum Gasteiger partial charge on any atom is 0.418 e. The van der Waals surface area contributed by atoms with Gasteiger partial charge in [-0.3, -0.25) is 0 Å². The van der Waals surface area contributed by atoms with Crippen LogP contribution >= 0.6 is 0 Å². The smallest absolute Gasteiger partial charge is 0.418 e. The molecule has 1 saturated carbocycles. The fraction of sp³-hybridized carbons (Fsp3) is 0.200. The topological polar surface area (TPSA) is 70.4 Å². The predicted octanol–water partition coefficient (Wildman–Crippen LogP) is 4.88. The summed E-state index contributed by atoms with van der Waals surface area (Å²) in [6.45, 7) is 0.